The first kappa shape index (κ1) is 11.6. The molecule has 0 aliphatic carbocycles. The predicted molar refractivity (Wildman–Crippen MR) is 60.7 cm³/mol. The van der Waals surface area contributed by atoms with Crippen LogP contribution < -0.4 is 0 Å². The van der Waals surface area contributed by atoms with Crippen LogP contribution in [0.1, 0.15) is 0 Å². The topological polar surface area (TPSA) is 57.7 Å². The van der Waals surface area contributed by atoms with Crippen LogP contribution in [0.15, 0.2) is 21.7 Å². The number of likely N-dealkylation sites (N-methyl/N-ethyl adjacent to an activating group) is 1. The first-order valence-corrected chi connectivity index (χ1v) is 7.11. The molecule has 0 radical (unpaired) electrons. The minimum Gasteiger partial charge on any atom is -0.343 e. The zero-order chi connectivity index (χ0) is 11.8. The number of amides is 1. The third-order valence-electron chi connectivity index (χ3n) is 2.51. The van der Waals surface area contributed by atoms with E-state index in [1.54, 1.807) is 29.5 Å². The van der Waals surface area contributed by atoms with E-state index in [0.29, 0.717) is 17.3 Å². The Morgan fingerprint density at radius 3 is 2.69 bits per heavy atom. The monoisotopic (exact) mass is 260 g/mol. The van der Waals surface area contributed by atoms with Crippen molar-refractivity contribution in [1.82, 2.24) is 9.21 Å². The predicted octanol–water partition coefficient (Wildman–Crippen LogP) is 0.211. The summed E-state index contributed by atoms with van der Waals surface area (Å²) in [5, 5.41) is 1.71. The van der Waals surface area contributed by atoms with E-state index < -0.39 is 10.0 Å². The van der Waals surface area contributed by atoms with Crippen LogP contribution in [0.5, 0.6) is 0 Å². The fraction of sp³-hybridized carbons (Fsp3) is 0.444. The van der Waals surface area contributed by atoms with E-state index in [1.807, 2.05) is 0 Å². The molecule has 1 amide bonds. The van der Waals surface area contributed by atoms with Crippen molar-refractivity contribution in [3.63, 3.8) is 0 Å². The average molecular weight is 260 g/mol. The maximum Gasteiger partial charge on any atom is 0.253 e. The maximum absolute atomic E-state index is 12.1. The van der Waals surface area contributed by atoms with Crippen LogP contribution in [0.2, 0.25) is 0 Å². The number of piperazine rings is 1. The molecule has 16 heavy (non-hydrogen) atoms. The molecule has 5 nitrogen and oxygen atoms in total. The van der Waals surface area contributed by atoms with Crippen molar-refractivity contribution in [2.45, 2.75) is 4.21 Å². The zero-order valence-electron chi connectivity index (χ0n) is 8.79. The summed E-state index contributed by atoms with van der Waals surface area (Å²) in [6, 6.07) is 3.25. The average Bonchev–Trinajstić information content (AvgIpc) is 2.75. The summed E-state index contributed by atoms with van der Waals surface area (Å²) >= 11 is 1.17. The highest BCUT2D eigenvalue weighted by Gasteiger charge is 2.31. The molecule has 88 valence electrons. The lowest BCUT2D eigenvalue weighted by atomic mass is 10.4. The van der Waals surface area contributed by atoms with Crippen LogP contribution in [-0.2, 0) is 14.8 Å². The molecule has 1 aliphatic rings. The van der Waals surface area contributed by atoms with Gasteiger partial charge in [-0.15, -0.1) is 11.3 Å². The minimum absolute atomic E-state index is 0.0588. The molecule has 2 heterocycles. The molecular formula is C9H12N2O3S2. The molecular weight excluding hydrogens is 248 g/mol. The Labute approximate surface area is 98.3 Å². The van der Waals surface area contributed by atoms with E-state index >= 15 is 0 Å². The van der Waals surface area contributed by atoms with Gasteiger partial charge in [-0.05, 0) is 11.4 Å². The largest absolute Gasteiger partial charge is 0.343 e. The van der Waals surface area contributed by atoms with Crippen molar-refractivity contribution in [3.8, 4) is 0 Å². The fourth-order valence-electron chi connectivity index (χ4n) is 1.48. The van der Waals surface area contributed by atoms with Gasteiger partial charge in [-0.1, -0.05) is 6.07 Å². The normalized spacial score (nSPS) is 19.1. The van der Waals surface area contributed by atoms with Gasteiger partial charge in [0.2, 0.25) is 5.91 Å². The fourth-order valence-corrected chi connectivity index (χ4v) is 4.00. The SMILES string of the molecule is CN1CCN(S(=O)(=O)c2cccs2)CC1=O. The zero-order valence-corrected chi connectivity index (χ0v) is 10.4. The van der Waals surface area contributed by atoms with Gasteiger partial charge in [-0.3, -0.25) is 4.79 Å². The van der Waals surface area contributed by atoms with Crippen LogP contribution in [-0.4, -0.2) is 50.2 Å². The van der Waals surface area contributed by atoms with E-state index in [0.717, 1.165) is 0 Å². The lowest BCUT2D eigenvalue weighted by molar-refractivity contribution is -0.132. The summed E-state index contributed by atoms with van der Waals surface area (Å²) in [7, 11) is -1.79. The molecule has 1 fully saturated rings. The number of hydrogen-bond donors (Lipinski definition) is 0. The molecule has 1 aromatic rings. The standard InChI is InChI=1S/C9H12N2O3S2/c1-10-4-5-11(7-8(10)12)16(13,14)9-3-2-6-15-9/h2-3,6H,4-5,7H2,1H3. The molecule has 0 unspecified atom stereocenters. The number of rotatable bonds is 2. The Bertz CT molecular complexity index is 481. The molecule has 0 atom stereocenters. The Balaban J connectivity index is 2.23. The van der Waals surface area contributed by atoms with E-state index in [-0.39, 0.29) is 12.5 Å². The molecule has 7 heteroatoms. The molecule has 0 spiro atoms. The van der Waals surface area contributed by atoms with Gasteiger partial charge >= 0.3 is 0 Å². The van der Waals surface area contributed by atoms with E-state index in [4.69, 9.17) is 0 Å². The number of sulfonamides is 1. The van der Waals surface area contributed by atoms with Crippen molar-refractivity contribution in [1.29, 1.82) is 0 Å². The molecule has 0 aromatic carbocycles. The molecule has 1 aliphatic heterocycles. The van der Waals surface area contributed by atoms with Crippen molar-refractivity contribution in [3.05, 3.63) is 17.5 Å². The lowest BCUT2D eigenvalue weighted by Crippen LogP contribution is -2.50. The molecule has 0 bridgehead atoms. The van der Waals surface area contributed by atoms with E-state index in [1.165, 1.54) is 15.6 Å². The van der Waals surface area contributed by atoms with Gasteiger partial charge in [0, 0.05) is 20.1 Å². The number of nitrogens with zero attached hydrogens (tertiary/aromatic N) is 2. The van der Waals surface area contributed by atoms with Gasteiger partial charge in [0.05, 0.1) is 6.54 Å². The maximum atomic E-state index is 12.1. The van der Waals surface area contributed by atoms with Crippen molar-refractivity contribution in [2.24, 2.45) is 0 Å². The van der Waals surface area contributed by atoms with Gasteiger partial charge in [-0.25, -0.2) is 8.42 Å². The Hall–Kier alpha value is -0.920. The van der Waals surface area contributed by atoms with Crippen molar-refractivity contribution < 1.29 is 13.2 Å². The number of hydrogen-bond acceptors (Lipinski definition) is 4. The van der Waals surface area contributed by atoms with Crippen LogP contribution in [0.4, 0.5) is 0 Å². The molecule has 0 N–H and O–H groups in total. The summed E-state index contributed by atoms with van der Waals surface area (Å²) in [6.45, 7) is 0.753. The highest BCUT2D eigenvalue weighted by molar-refractivity contribution is 7.91. The lowest BCUT2D eigenvalue weighted by Gasteiger charge is -2.30. The van der Waals surface area contributed by atoms with Gasteiger partial charge in [0.1, 0.15) is 4.21 Å². The summed E-state index contributed by atoms with van der Waals surface area (Å²) in [5.74, 6) is -0.161. The summed E-state index contributed by atoms with van der Waals surface area (Å²) in [4.78, 5) is 13.0. The quantitative estimate of drug-likeness (QED) is 0.764. The van der Waals surface area contributed by atoms with Crippen LogP contribution in [0, 0.1) is 0 Å². The summed E-state index contributed by atoms with van der Waals surface area (Å²) in [5.41, 5.74) is 0. The highest BCUT2D eigenvalue weighted by Crippen LogP contribution is 2.21. The molecule has 0 saturated carbocycles. The van der Waals surface area contributed by atoms with E-state index in [9.17, 15) is 13.2 Å². The second-order valence-electron chi connectivity index (χ2n) is 3.59. The van der Waals surface area contributed by atoms with Gasteiger partial charge in [0.25, 0.3) is 10.0 Å². The minimum atomic E-state index is -3.47. The molecule has 2 rings (SSSR count). The number of carbonyl (C=O) groups excluding carboxylic acids is 1. The van der Waals surface area contributed by atoms with Crippen molar-refractivity contribution in [2.75, 3.05) is 26.7 Å². The van der Waals surface area contributed by atoms with Crippen molar-refractivity contribution >= 4 is 27.3 Å². The summed E-state index contributed by atoms with van der Waals surface area (Å²) < 4.78 is 25.7. The van der Waals surface area contributed by atoms with Crippen LogP contribution in [0.25, 0.3) is 0 Å². The Kier molecular flexibility index (Phi) is 3.00. The Morgan fingerprint density at radius 1 is 1.38 bits per heavy atom. The first-order valence-electron chi connectivity index (χ1n) is 4.79. The van der Waals surface area contributed by atoms with E-state index in [2.05, 4.69) is 0 Å². The van der Waals surface area contributed by atoms with Crippen LogP contribution >= 0.6 is 11.3 Å². The molecule has 1 saturated heterocycles. The van der Waals surface area contributed by atoms with Crippen LogP contribution in [0.3, 0.4) is 0 Å². The second kappa shape index (κ2) is 4.15. The third kappa shape index (κ3) is 1.98. The first-order chi connectivity index (χ1) is 7.51. The van der Waals surface area contributed by atoms with Gasteiger partial charge in [-0.2, -0.15) is 4.31 Å². The second-order valence-corrected chi connectivity index (χ2v) is 6.70. The summed E-state index contributed by atoms with van der Waals surface area (Å²) in [6.07, 6.45) is 0. The van der Waals surface area contributed by atoms with Gasteiger partial charge in [0.15, 0.2) is 0 Å². The number of carbonyl (C=O) groups is 1. The third-order valence-corrected chi connectivity index (χ3v) is 5.73. The van der Waals surface area contributed by atoms with Gasteiger partial charge < -0.3 is 4.90 Å². The smallest absolute Gasteiger partial charge is 0.253 e. The molecule has 1 aromatic heterocycles. The Morgan fingerprint density at radius 2 is 2.12 bits per heavy atom. The highest BCUT2D eigenvalue weighted by atomic mass is 32.2. The number of thiophene rings is 1.